The van der Waals surface area contributed by atoms with E-state index >= 15 is 0 Å². The number of carboxylic acids is 1. The fraction of sp³-hybridized carbons (Fsp3) is 0.375. The highest BCUT2D eigenvalue weighted by Crippen LogP contribution is 2.11. The molecule has 0 fully saturated rings. The molecule has 0 radical (unpaired) electrons. The number of hydrogen-bond donors (Lipinski definition) is 3. The van der Waals surface area contributed by atoms with Crippen LogP contribution in [0.25, 0.3) is 0 Å². The number of carbonyl (C=O) groups excluding carboxylic acids is 1. The lowest BCUT2D eigenvalue weighted by Crippen LogP contribution is -2.42. The van der Waals surface area contributed by atoms with Crippen molar-refractivity contribution in [3.05, 3.63) is 47.5 Å². The Labute approximate surface area is 124 Å². The van der Waals surface area contributed by atoms with Gasteiger partial charge in [0.15, 0.2) is 0 Å². The van der Waals surface area contributed by atoms with Gasteiger partial charge in [-0.2, -0.15) is 0 Å². The number of urea groups is 1. The summed E-state index contributed by atoms with van der Waals surface area (Å²) < 4.78 is 0. The van der Waals surface area contributed by atoms with E-state index in [1.807, 2.05) is 12.1 Å². The van der Waals surface area contributed by atoms with Gasteiger partial charge in [-0.3, -0.25) is 4.79 Å². The molecule has 0 heterocycles. The summed E-state index contributed by atoms with van der Waals surface area (Å²) in [6.07, 6.45) is 6.98. The van der Waals surface area contributed by atoms with Crippen molar-refractivity contribution in [2.45, 2.75) is 38.3 Å². The zero-order chi connectivity index (χ0) is 15.1. The van der Waals surface area contributed by atoms with Crippen molar-refractivity contribution in [2.24, 2.45) is 0 Å². The van der Waals surface area contributed by atoms with E-state index in [0.29, 0.717) is 6.54 Å². The Morgan fingerprint density at radius 3 is 2.62 bits per heavy atom. The number of rotatable bonds is 5. The summed E-state index contributed by atoms with van der Waals surface area (Å²) in [6, 6.07) is 7.23. The molecule has 1 aliphatic rings. The third-order valence-electron chi connectivity index (χ3n) is 3.50. The molecule has 5 heteroatoms. The minimum Gasteiger partial charge on any atom is -0.481 e. The van der Waals surface area contributed by atoms with E-state index in [0.717, 1.165) is 30.4 Å². The van der Waals surface area contributed by atoms with Crippen LogP contribution in [0.3, 0.4) is 0 Å². The molecule has 0 aliphatic heterocycles. The maximum absolute atomic E-state index is 11.9. The molecule has 112 valence electrons. The maximum atomic E-state index is 11.9. The summed E-state index contributed by atoms with van der Waals surface area (Å²) >= 11 is 0. The Hall–Kier alpha value is -2.30. The third-order valence-corrected chi connectivity index (χ3v) is 3.50. The first-order chi connectivity index (χ1) is 10.1. The first kappa shape index (κ1) is 15.1. The van der Waals surface area contributed by atoms with E-state index in [1.165, 1.54) is 0 Å². The molecule has 5 nitrogen and oxygen atoms in total. The van der Waals surface area contributed by atoms with Crippen molar-refractivity contribution in [3.8, 4) is 0 Å². The predicted octanol–water partition coefficient (Wildman–Crippen LogP) is 2.22. The first-order valence-electron chi connectivity index (χ1n) is 7.13. The predicted molar refractivity (Wildman–Crippen MR) is 79.9 cm³/mol. The lowest BCUT2D eigenvalue weighted by Gasteiger charge is -2.19. The van der Waals surface area contributed by atoms with Crippen LogP contribution in [-0.2, 0) is 17.8 Å². The van der Waals surface area contributed by atoms with E-state index in [-0.39, 0.29) is 18.5 Å². The molecule has 1 atom stereocenters. The molecule has 1 aromatic carbocycles. The minimum absolute atomic E-state index is 0.0348. The van der Waals surface area contributed by atoms with Gasteiger partial charge in [0.25, 0.3) is 0 Å². The van der Waals surface area contributed by atoms with Gasteiger partial charge in [-0.25, -0.2) is 4.79 Å². The molecule has 0 saturated carbocycles. The normalized spacial score (nSPS) is 17.2. The van der Waals surface area contributed by atoms with Gasteiger partial charge in [-0.05, 0) is 30.4 Å². The third kappa shape index (κ3) is 4.95. The molecular weight excluding hydrogens is 268 g/mol. The topological polar surface area (TPSA) is 78.4 Å². The second-order valence-corrected chi connectivity index (χ2v) is 5.15. The summed E-state index contributed by atoms with van der Waals surface area (Å²) in [5.41, 5.74) is 1.56. The van der Waals surface area contributed by atoms with E-state index < -0.39 is 5.97 Å². The molecule has 0 spiro atoms. The van der Waals surface area contributed by atoms with E-state index in [1.54, 1.807) is 12.1 Å². The molecule has 1 unspecified atom stereocenters. The van der Waals surface area contributed by atoms with Gasteiger partial charge >= 0.3 is 12.0 Å². The molecule has 3 N–H and O–H groups in total. The maximum Gasteiger partial charge on any atom is 0.315 e. The van der Waals surface area contributed by atoms with E-state index in [9.17, 15) is 9.59 Å². The van der Waals surface area contributed by atoms with Gasteiger partial charge in [0.2, 0.25) is 0 Å². The Morgan fingerprint density at radius 1 is 1.19 bits per heavy atom. The summed E-state index contributed by atoms with van der Waals surface area (Å²) in [6.45, 7) is 0.331. The van der Waals surface area contributed by atoms with Crippen LogP contribution < -0.4 is 10.6 Å². The quantitative estimate of drug-likeness (QED) is 0.727. The summed E-state index contributed by atoms with van der Waals surface area (Å²) in [5.74, 6) is -0.874. The van der Waals surface area contributed by atoms with Crippen LogP contribution in [0.15, 0.2) is 36.4 Å². The van der Waals surface area contributed by atoms with E-state index in [4.69, 9.17) is 5.11 Å². The Kier molecular flexibility index (Phi) is 5.37. The monoisotopic (exact) mass is 288 g/mol. The summed E-state index contributed by atoms with van der Waals surface area (Å²) in [7, 11) is 0. The molecule has 0 bridgehead atoms. The van der Waals surface area contributed by atoms with Gasteiger partial charge in [-0.15, -0.1) is 0 Å². The summed E-state index contributed by atoms with van der Waals surface area (Å²) in [4.78, 5) is 22.7. The van der Waals surface area contributed by atoms with Crippen LogP contribution in [-0.4, -0.2) is 23.1 Å². The highest BCUT2D eigenvalue weighted by molar-refractivity contribution is 5.74. The smallest absolute Gasteiger partial charge is 0.315 e. The SMILES string of the molecule is O=C(O)Cc1ccccc1CNC(=O)NC1CC=CCC1. The lowest BCUT2D eigenvalue weighted by molar-refractivity contribution is -0.136. The van der Waals surface area contributed by atoms with Gasteiger partial charge in [0, 0.05) is 12.6 Å². The minimum atomic E-state index is -0.874. The summed E-state index contributed by atoms with van der Waals surface area (Å²) in [5, 5.41) is 14.6. The molecule has 21 heavy (non-hydrogen) atoms. The van der Waals surface area contributed by atoms with Crippen LogP contribution in [0.5, 0.6) is 0 Å². The van der Waals surface area contributed by atoms with Gasteiger partial charge in [-0.1, -0.05) is 36.4 Å². The van der Waals surface area contributed by atoms with Gasteiger partial charge in [0.05, 0.1) is 6.42 Å². The molecule has 0 saturated heterocycles. The van der Waals surface area contributed by atoms with Gasteiger partial charge in [0.1, 0.15) is 0 Å². The first-order valence-corrected chi connectivity index (χ1v) is 7.13. The van der Waals surface area contributed by atoms with Crippen LogP contribution in [0.2, 0.25) is 0 Å². The second-order valence-electron chi connectivity index (χ2n) is 5.15. The van der Waals surface area contributed by atoms with Crippen LogP contribution >= 0.6 is 0 Å². The van der Waals surface area contributed by atoms with Crippen molar-refractivity contribution in [1.29, 1.82) is 0 Å². The number of amides is 2. The Morgan fingerprint density at radius 2 is 1.95 bits per heavy atom. The molecule has 1 aromatic rings. The number of nitrogens with one attached hydrogen (secondary N) is 2. The average Bonchev–Trinajstić information content (AvgIpc) is 2.47. The number of benzene rings is 1. The van der Waals surface area contributed by atoms with Crippen LogP contribution in [0.4, 0.5) is 4.79 Å². The van der Waals surface area contributed by atoms with Crippen LogP contribution in [0.1, 0.15) is 30.4 Å². The Balaban J connectivity index is 1.86. The number of aliphatic carboxylic acids is 1. The van der Waals surface area contributed by atoms with E-state index in [2.05, 4.69) is 22.8 Å². The lowest BCUT2D eigenvalue weighted by atomic mass is 10.0. The van der Waals surface area contributed by atoms with Crippen molar-refractivity contribution < 1.29 is 14.7 Å². The molecular formula is C16H20N2O3. The highest BCUT2D eigenvalue weighted by atomic mass is 16.4. The molecule has 1 aliphatic carbocycles. The number of allylic oxidation sites excluding steroid dienone is 1. The highest BCUT2D eigenvalue weighted by Gasteiger charge is 2.13. The van der Waals surface area contributed by atoms with Crippen molar-refractivity contribution in [3.63, 3.8) is 0 Å². The second kappa shape index (κ2) is 7.47. The number of carbonyl (C=O) groups is 2. The van der Waals surface area contributed by atoms with Crippen molar-refractivity contribution in [1.82, 2.24) is 10.6 Å². The molecule has 0 aromatic heterocycles. The van der Waals surface area contributed by atoms with Crippen molar-refractivity contribution >= 4 is 12.0 Å². The standard InChI is InChI=1S/C16H20N2O3/c19-15(20)10-12-6-4-5-7-13(12)11-17-16(21)18-14-8-2-1-3-9-14/h1-2,4-7,14H,3,8-11H2,(H,19,20)(H2,17,18,21). The Bertz CT molecular complexity index is 540. The molecule has 2 rings (SSSR count). The fourth-order valence-corrected chi connectivity index (χ4v) is 2.40. The fourth-order valence-electron chi connectivity index (χ4n) is 2.40. The van der Waals surface area contributed by atoms with Crippen LogP contribution in [0, 0.1) is 0 Å². The average molecular weight is 288 g/mol. The van der Waals surface area contributed by atoms with Crippen molar-refractivity contribution in [2.75, 3.05) is 0 Å². The molecule has 2 amide bonds. The number of hydrogen-bond acceptors (Lipinski definition) is 2. The number of carboxylic acid groups (broad SMARTS) is 1. The largest absolute Gasteiger partial charge is 0.481 e. The zero-order valence-corrected chi connectivity index (χ0v) is 11.8. The van der Waals surface area contributed by atoms with Gasteiger partial charge < -0.3 is 15.7 Å². The zero-order valence-electron chi connectivity index (χ0n) is 11.8.